The minimum atomic E-state index is -0.473. The van der Waals surface area contributed by atoms with E-state index in [4.69, 9.17) is 4.74 Å². The average molecular weight is 353 g/mol. The number of nitrogens with one attached hydrogen (secondary N) is 2. The number of hydrogen-bond donors (Lipinski definition) is 2. The Kier molecular flexibility index (Phi) is 6.10. The molecule has 2 rings (SSSR count). The Labute approximate surface area is 148 Å². The molecule has 2 heterocycles. The van der Waals surface area contributed by atoms with Crippen molar-refractivity contribution in [3.05, 3.63) is 21.9 Å². The third kappa shape index (κ3) is 5.70. The van der Waals surface area contributed by atoms with Crippen molar-refractivity contribution in [3.63, 3.8) is 0 Å². The van der Waals surface area contributed by atoms with Crippen molar-refractivity contribution < 1.29 is 9.53 Å². The highest BCUT2D eigenvalue weighted by Gasteiger charge is 2.27. The molecule has 0 saturated carbocycles. The average Bonchev–Trinajstić information content (AvgIpc) is 3.07. The molecule has 0 aromatic carbocycles. The highest BCUT2D eigenvalue weighted by Crippen LogP contribution is 2.15. The van der Waals surface area contributed by atoms with Crippen LogP contribution in [0.5, 0.6) is 0 Å². The molecule has 1 unspecified atom stereocenters. The number of rotatable bonds is 3. The lowest BCUT2D eigenvalue weighted by atomic mass is 10.2. The number of alkyl carbamates (subject to hydrolysis) is 1. The first-order chi connectivity index (χ1) is 11.3. The van der Waals surface area contributed by atoms with Crippen molar-refractivity contribution in [2.45, 2.75) is 52.3 Å². The fourth-order valence-electron chi connectivity index (χ4n) is 2.62. The Morgan fingerprint density at radius 2 is 2.21 bits per heavy atom. The van der Waals surface area contributed by atoms with Gasteiger partial charge in [0.25, 0.3) is 0 Å². The van der Waals surface area contributed by atoms with E-state index < -0.39 is 5.60 Å². The quantitative estimate of drug-likeness (QED) is 0.648. The van der Waals surface area contributed by atoms with E-state index in [1.54, 1.807) is 18.4 Å². The molecule has 0 aliphatic carbocycles. The molecule has 2 N–H and O–H groups in total. The van der Waals surface area contributed by atoms with Crippen LogP contribution in [0.25, 0.3) is 0 Å². The van der Waals surface area contributed by atoms with Crippen LogP contribution in [-0.4, -0.2) is 48.7 Å². The van der Waals surface area contributed by atoms with Gasteiger partial charge in [0.15, 0.2) is 5.96 Å². The number of amides is 1. The summed E-state index contributed by atoms with van der Waals surface area (Å²) in [6, 6.07) is 4.35. The van der Waals surface area contributed by atoms with Gasteiger partial charge in [0.05, 0.1) is 12.6 Å². The number of carbonyl (C=O) groups excluding carboxylic acids is 1. The first-order valence-electron chi connectivity index (χ1n) is 8.27. The summed E-state index contributed by atoms with van der Waals surface area (Å²) in [5.41, 5.74) is -0.473. The van der Waals surface area contributed by atoms with Crippen LogP contribution < -0.4 is 10.6 Å². The molecule has 1 atom stereocenters. The molecule has 6 nitrogen and oxygen atoms in total. The lowest BCUT2D eigenvalue weighted by Gasteiger charge is -2.23. The molecular weight excluding hydrogens is 324 g/mol. The second-order valence-corrected chi connectivity index (χ2v) is 8.36. The molecule has 7 heteroatoms. The number of thiophene rings is 1. The predicted molar refractivity (Wildman–Crippen MR) is 98.6 cm³/mol. The monoisotopic (exact) mass is 352 g/mol. The number of nitrogens with zero attached hydrogens (tertiary/aromatic N) is 2. The number of carbonyl (C=O) groups is 1. The van der Waals surface area contributed by atoms with Gasteiger partial charge in [-0.25, -0.2) is 4.79 Å². The molecule has 1 saturated heterocycles. The number of hydrogen-bond acceptors (Lipinski definition) is 4. The fourth-order valence-corrected chi connectivity index (χ4v) is 3.45. The van der Waals surface area contributed by atoms with Gasteiger partial charge in [-0.05, 0) is 46.2 Å². The minimum absolute atomic E-state index is 0.0855. The van der Waals surface area contributed by atoms with Crippen molar-refractivity contribution in [3.8, 4) is 0 Å². The summed E-state index contributed by atoms with van der Waals surface area (Å²) in [7, 11) is 1.79. The number of guanidine groups is 1. The maximum atomic E-state index is 11.9. The second-order valence-electron chi connectivity index (χ2n) is 6.99. The Balaban J connectivity index is 1.81. The van der Waals surface area contributed by atoms with Crippen molar-refractivity contribution in [2.75, 3.05) is 20.1 Å². The third-order valence-electron chi connectivity index (χ3n) is 3.64. The summed E-state index contributed by atoms with van der Waals surface area (Å²) in [5, 5.41) is 6.33. The largest absolute Gasteiger partial charge is 0.444 e. The molecule has 1 aromatic heterocycles. The zero-order chi connectivity index (χ0) is 17.7. The van der Waals surface area contributed by atoms with E-state index >= 15 is 0 Å². The lowest BCUT2D eigenvalue weighted by Crippen LogP contribution is -2.44. The normalized spacial score (nSPS) is 18.6. The van der Waals surface area contributed by atoms with E-state index in [0.717, 1.165) is 32.0 Å². The first-order valence-corrected chi connectivity index (χ1v) is 9.09. The molecule has 0 radical (unpaired) electrons. The van der Waals surface area contributed by atoms with Gasteiger partial charge in [-0.1, -0.05) is 0 Å². The summed E-state index contributed by atoms with van der Waals surface area (Å²) in [4.78, 5) is 21.0. The Bertz CT molecular complexity index is 592. The van der Waals surface area contributed by atoms with Crippen LogP contribution in [-0.2, 0) is 11.3 Å². The zero-order valence-corrected chi connectivity index (χ0v) is 16.0. The Hall–Kier alpha value is -1.76. The molecule has 1 aliphatic heterocycles. The number of likely N-dealkylation sites (tertiary alicyclic amines) is 1. The molecule has 0 spiro atoms. The van der Waals surface area contributed by atoms with Gasteiger partial charge < -0.3 is 20.3 Å². The first kappa shape index (κ1) is 18.6. The smallest absolute Gasteiger partial charge is 0.407 e. The van der Waals surface area contributed by atoms with E-state index in [0.29, 0.717) is 0 Å². The van der Waals surface area contributed by atoms with Crippen LogP contribution in [0.3, 0.4) is 0 Å². The van der Waals surface area contributed by atoms with E-state index in [2.05, 4.69) is 39.6 Å². The topological polar surface area (TPSA) is 66.0 Å². The third-order valence-corrected chi connectivity index (χ3v) is 4.64. The van der Waals surface area contributed by atoms with Crippen LogP contribution in [0, 0.1) is 6.92 Å². The summed E-state index contributed by atoms with van der Waals surface area (Å²) in [6.45, 7) is 10.1. The molecule has 1 aliphatic rings. The van der Waals surface area contributed by atoms with Crippen LogP contribution in [0.15, 0.2) is 17.1 Å². The Morgan fingerprint density at radius 1 is 1.46 bits per heavy atom. The summed E-state index contributed by atoms with van der Waals surface area (Å²) in [5.74, 6) is 0.870. The van der Waals surface area contributed by atoms with Gasteiger partial charge in [0, 0.05) is 29.9 Å². The molecule has 0 bridgehead atoms. The van der Waals surface area contributed by atoms with Crippen LogP contribution in [0.1, 0.15) is 36.9 Å². The highest BCUT2D eigenvalue weighted by molar-refractivity contribution is 7.11. The van der Waals surface area contributed by atoms with Crippen molar-refractivity contribution in [1.29, 1.82) is 0 Å². The zero-order valence-electron chi connectivity index (χ0n) is 15.2. The van der Waals surface area contributed by atoms with Gasteiger partial charge >= 0.3 is 6.09 Å². The van der Waals surface area contributed by atoms with Gasteiger partial charge in [-0.3, -0.25) is 4.99 Å². The summed E-state index contributed by atoms with van der Waals surface area (Å²) < 4.78 is 5.32. The maximum Gasteiger partial charge on any atom is 0.407 e. The fraction of sp³-hybridized carbons (Fsp3) is 0.647. The summed E-state index contributed by atoms with van der Waals surface area (Å²) >= 11 is 1.79. The number of ether oxygens (including phenoxy) is 1. The maximum absolute atomic E-state index is 11.9. The van der Waals surface area contributed by atoms with Crippen molar-refractivity contribution >= 4 is 23.4 Å². The van der Waals surface area contributed by atoms with Crippen molar-refractivity contribution in [2.24, 2.45) is 4.99 Å². The van der Waals surface area contributed by atoms with E-state index in [1.807, 2.05) is 20.8 Å². The van der Waals surface area contributed by atoms with Gasteiger partial charge in [-0.15, -0.1) is 11.3 Å². The second kappa shape index (κ2) is 7.88. The SMILES string of the molecule is CN=C(NCc1ccc(C)s1)N1CCC(NC(=O)OC(C)(C)C)C1. The van der Waals surface area contributed by atoms with Crippen LogP contribution >= 0.6 is 11.3 Å². The molecular formula is C17H28N4O2S. The van der Waals surface area contributed by atoms with E-state index in [9.17, 15) is 4.79 Å². The van der Waals surface area contributed by atoms with Gasteiger partial charge in [-0.2, -0.15) is 0 Å². The van der Waals surface area contributed by atoms with Crippen LogP contribution in [0.2, 0.25) is 0 Å². The van der Waals surface area contributed by atoms with Crippen LogP contribution in [0.4, 0.5) is 4.79 Å². The van der Waals surface area contributed by atoms with Crippen molar-refractivity contribution in [1.82, 2.24) is 15.5 Å². The predicted octanol–water partition coefficient (Wildman–Crippen LogP) is 2.73. The molecule has 134 valence electrons. The molecule has 1 amide bonds. The minimum Gasteiger partial charge on any atom is -0.444 e. The number of aliphatic imine (C=N–C) groups is 1. The van der Waals surface area contributed by atoms with Gasteiger partial charge in [0.2, 0.25) is 0 Å². The van der Waals surface area contributed by atoms with E-state index in [1.165, 1.54) is 9.75 Å². The van der Waals surface area contributed by atoms with E-state index in [-0.39, 0.29) is 12.1 Å². The highest BCUT2D eigenvalue weighted by atomic mass is 32.1. The molecule has 24 heavy (non-hydrogen) atoms. The number of aryl methyl sites for hydroxylation is 1. The standard InChI is InChI=1S/C17H28N4O2S/c1-12-6-7-14(24-12)10-19-15(18-5)21-9-8-13(11-21)20-16(22)23-17(2,3)4/h6-7,13H,8-11H2,1-5H3,(H,18,19)(H,20,22). The lowest BCUT2D eigenvalue weighted by molar-refractivity contribution is 0.0507. The van der Waals surface area contributed by atoms with Gasteiger partial charge in [0.1, 0.15) is 5.60 Å². The summed E-state index contributed by atoms with van der Waals surface area (Å²) in [6.07, 6.45) is 0.532. The Morgan fingerprint density at radius 3 is 2.79 bits per heavy atom. The molecule has 1 aromatic rings. The molecule has 1 fully saturated rings.